The van der Waals surface area contributed by atoms with Crippen LogP contribution >= 0.6 is 0 Å². The zero-order valence-corrected chi connectivity index (χ0v) is 13.5. The lowest BCUT2D eigenvalue weighted by atomic mass is 10.5. The van der Waals surface area contributed by atoms with E-state index in [0.29, 0.717) is 0 Å². The quantitative estimate of drug-likeness (QED) is 0.623. The van der Waals surface area contributed by atoms with Crippen LogP contribution in [-0.4, -0.2) is 110 Å². The van der Waals surface area contributed by atoms with E-state index < -0.39 is 0 Å². The standard InChI is InChI=1S/C12H24N6O3/c1-13(2)10(19)16-7-17(11(20)14(3)4)9-18(8-16)12(21)15(5)6/h7-9H2,1-6H3. The number of hydrogen-bond acceptors (Lipinski definition) is 3. The van der Waals surface area contributed by atoms with Crippen molar-refractivity contribution in [3.05, 3.63) is 0 Å². The molecule has 9 heteroatoms. The molecule has 0 saturated carbocycles. The van der Waals surface area contributed by atoms with Crippen molar-refractivity contribution < 1.29 is 14.4 Å². The van der Waals surface area contributed by atoms with E-state index >= 15 is 0 Å². The first-order valence-corrected chi connectivity index (χ1v) is 6.53. The highest BCUT2D eigenvalue weighted by atomic mass is 16.2. The summed E-state index contributed by atoms with van der Waals surface area (Å²) in [6, 6.07) is -0.742. The number of urea groups is 3. The molecule has 0 aliphatic carbocycles. The summed E-state index contributed by atoms with van der Waals surface area (Å²) in [5, 5.41) is 0. The van der Waals surface area contributed by atoms with Crippen LogP contribution in [0.1, 0.15) is 0 Å². The van der Waals surface area contributed by atoms with Gasteiger partial charge >= 0.3 is 18.1 Å². The predicted molar refractivity (Wildman–Crippen MR) is 77.4 cm³/mol. The van der Waals surface area contributed by atoms with Gasteiger partial charge in [0.2, 0.25) is 0 Å². The van der Waals surface area contributed by atoms with Crippen LogP contribution in [0.3, 0.4) is 0 Å². The minimum absolute atomic E-state index is 0.158. The third-order valence-corrected chi connectivity index (χ3v) is 2.98. The van der Waals surface area contributed by atoms with E-state index in [1.54, 1.807) is 42.3 Å². The van der Waals surface area contributed by atoms with Gasteiger partial charge in [-0.25, -0.2) is 14.4 Å². The van der Waals surface area contributed by atoms with E-state index in [4.69, 9.17) is 0 Å². The maximum atomic E-state index is 12.1. The SMILES string of the molecule is CN(C)C(=O)N1CN(C(=O)N(C)C)CN(C(=O)N(C)C)C1. The Kier molecular flexibility index (Phi) is 5.23. The number of carbonyl (C=O) groups excluding carboxylic acids is 3. The summed E-state index contributed by atoms with van der Waals surface area (Å²) in [4.78, 5) is 45.0. The summed E-state index contributed by atoms with van der Waals surface area (Å²) < 4.78 is 0. The first kappa shape index (κ1) is 16.9. The maximum absolute atomic E-state index is 12.1. The van der Waals surface area contributed by atoms with Crippen molar-refractivity contribution in [1.29, 1.82) is 0 Å². The zero-order valence-electron chi connectivity index (χ0n) is 13.5. The van der Waals surface area contributed by atoms with Crippen LogP contribution < -0.4 is 0 Å². The fourth-order valence-corrected chi connectivity index (χ4v) is 1.96. The molecule has 1 fully saturated rings. The Labute approximate surface area is 125 Å². The largest absolute Gasteiger partial charge is 0.331 e. The molecule has 1 heterocycles. The Balaban J connectivity index is 2.95. The van der Waals surface area contributed by atoms with Crippen LogP contribution in [0.5, 0.6) is 0 Å². The first-order valence-electron chi connectivity index (χ1n) is 6.53. The Morgan fingerprint density at radius 2 is 0.762 bits per heavy atom. The molecule has 0 aromatic carbocycles. The van der Waals surface area contributed by atoms with Gasteiger partial charge in [0.1, 0.15) is 20.0 Å². The monoisotopic (exact) mass is 300 g/mol. The van der Waals surface area contributed by atoms with Gasteiger partial charge < -0.3 is 14.7 Å². The van der Waals surface area contributed by atoms with E-state index in [9.17, 15) is 14.4 Å². The third kappa shape index (κ3) is 3.89. The van der Waals surface area contributed by atoms with Crippen LogP contribution in [0.15, 0.2) is 0 Å². The molecule has 0 aromatic rings. The number of amides is 6. The van der Waals surface area contributed by atoms with E-state index in [1.165, 1.54) is 29.4 Å². The van der Waals surface area contributed by atoms with Crippen molar-refractivity contribution in [3.63, 3.8) is 0 Å². The van der Waals surface area contributed by atoms with Crippen LogP contribution in [0.2, 0.25) is 0 Å². The average Bonchev–Trinajstić information content (AvgIpc) is 2.43. The summed E-state index contributed by atoms with van der Waals surface area (Å²) in [6.07, 6.45) is 0. The highest BCUT2D eigenvalue weighted by Gasteiger charge is 2.33. The van der Waals surface area contributed by atoms with Crippen molar-refractivity contribution in [3.8, 4) is 0 Å². The van der Waals surface area contributed by atoms with Crippen molar-refractivity contribution in [2.45, 2.75) is 0 Å². The minimum Gasteiger partial charge on any atom is -0.331 e. The third-order valence-electron chi connectivity index (χ3n) is 2.98. The molecule has 0 unspecified atom stereocenters. The van der Waals surface area contributed by atoms with Crippen LogP contribution in [0, 0.1) is 0 Å². The van der Waals surface area contributed by atoms with Crippen molar-refractivity contribution in [2.24, 2.45) is 0 Å². The highest BCUT2D eigenvalue weighted by molar-refractivity contribution is 5.79. The van der Waals surface area contributed by atoms with E-state index in [1.807, 2.05) is 0 Å². The molecular formula is C12H24N6O3. The summed E-state index contributed by atoms with van der Waals surface area (Å²) in [7, 11) is 9.79. The summed E-state index contributed by atoms with van der Waals surface area (Å²) in [5.41, 5.74) is 0. The average molecular weight is 300 g/mol. The Bertz CT molecular complexity index is 355. The Morgan fingerprint density at radius 1 is 0.571 bits per heavy atom. The summed E-state index contributed by atoms with van der Waals surface area (Å²) in [6.45, 7) is 0.474. The minimum atomic E-state index is -0.247. The van der Waals surface area contributed by atoms with Gasteiger partial charge in [0.15, 0.2) is 0 Å². The molecule has 0 spiro atoms. The number of hydrogen-bond donors (Lipinski definition) is 0. The van der Waals surface area contributed by atoms with E-state index in [2.05, 4.69) is 0 Å². The van der Waals surface area contributed by atoms with Gasteiger partial charge in [0, 0.05) is 42.3 Å². The van der Waals surface area contributed by atoms with Gasteiger partial charge in [0.25, 0.3) is 0 Å². The lowest BCUT2D eigenvalue weighted by molar-refractivity contribution is 0.0158. The molecule has 1 aliphatic rings. The second-order valence-electron chi connectivity index (χ2n) is 5.57. The van der Waals surface area contributed by atoms with Gasteiger partial charge in [-0.05, 0) is 0 Å². The van der Waals surface area contributed by atoms with Crippen molar-refractivity contribution in [2.75, 3.05) is 62.3 Å². The lowest BCUT2D eigenvalue weighted by Gasteiger charge is -2.43. The van der Waals surface area contributed by atoms with Crippen molar-refractivity contribution >= 4 is 18.1 Å². The fourth-order valence-electron chi connectivity index (χ4n) is 1.96. The van der Waals surface area contributed by atoms with Gasteiger partial charge in [-0.1, -0.05) is 0 Å². The van der Waals surface area contributed by atoms with Gasteiger partial charge in [-0.15, -0.1) is 0 Å². The van der Waals surface area contributed by atoms with Crippen LogP contribution in [0.25, 0.3) is 0 Å². The summed E-state index contributed by atoms with van der Waals surface area (Å²) in [5.74, 6) is 0. The molecule has 1 aliphatic heterocycles. The summed E-state index contributed by atoms with van der Waals surface area (Å²) >= 11 is 0. The molecule has 0 aromatic heterocycles. The topological polar surface area (TPSA) is 70.7 Å². The lowest BCUT2D eigenvalue weighted by Crippen LogP contribution is -2.63. The predicted octanol–water partition coefficient (Wildman–Crippen LogP) is -0.177. The highest BCUT2D eigenvalue weighted by Crippen LogP contribution is 2.12. The number of carbonyl (C=O) groups is 3. The van der Waals surface area contributed by atoms with Gasteiger partial charge in [-0.2, -0.15) is 0 Å². The molecule has 0 radical (unpaired) electrons. The Hall–Kier alpha value is -2.19. The smallest absolute Gasteiger partial charge is 0.322 e. The van der Waals surface area contributed by atoms with Gasteiger partial charge in [0.05, 0.1) is 0 Å². The molecule has 1 rings (SSSR count). The van der Waals surface area contributed by atoms with Crippen molar-refractivity contribution in [1.82, 2.24) is 29.4 Å². The molecule has 21 heavy (non-hydrogen) atoms. The normalized spacial score (nSPS) is 14.9. The van der Waals surface area contributed by atoms with E-state index in [0.717, 1.165) is 0 Å². The zero-order chi connectivity index (χ0) is 16.3. The second-order valence-corrected chi connectivity index (χ2v) is 5.57. The molecular weight excluding hydrogens is 276 g/mol. The number of rotatable bonds is 0. The molecule has 120 valence electrons. The first-order chi connectivity index (χ1) is 9.65. The number of nitrogens with zero attached hydrogens (tertiary/aromatic N) is 6. The molecule has 9 nitrogen and oxygen atoms in total. The molecule has 0 N–H and O–H groups in total. The molecule has 1 saturated heterocycles. The fraction of sp³-hybridized carbons (Fsp3) is 0.750. The molecule has 6 amide bonds. The van der Waals surface area contributed by atoms with E-state index in [-0.39, 0.29) is 38.1 Å². The maximum Gasteiger partial charge on any atom is 0.322 e. The second kappa shape index (κ2) is 6.51. The van der Waals surface area contributed by atoms with Crippen LogP contribution in [0.4, 0.5) is 14.4 Å². The Morgan fingerprint density at radius 3 is 0.905 bits per heavy atom. The van der Waals surface area contributed by atoms with Crippen LogP contribution in [-0.2, 0) is 0 Å². The molecule has 0 atom stereocenters. The van der Waals surface area contributed by atoms with Gasteiger partial charge in [-0.3, -0.25) is 14.7 Å². The molecule has 0 bridgehead atoms.